The Balaban J connectivity index is 2.00. The Morgan fingerprint density at radius 1 is 1.30 bits per heavy atom. The van der Waals surface area contributed by atoms with Gasteiger partial charge in [-0.25, -0.2) is 9.37 Å². The Morgan fingerprint density at radius 3 is 2.64 bits per heavy atom. The maximum Gasteiger partial charge on any atom is 0.296 e. The molecule has 1 amide bonds. The number of rotatable bonds is 6. The van der Waals surface area contributed by atoms with Crippen molar-refractivity contribution >= 4 is 17.5 Å². The number of halogens is 1. The summed E-state index contributed by atoms with van der Waals surface area (Å²) in [7, 11) is 1.38. The molecule has 2 heterocycles. The van der Waals surface area contributed by atoms with Crippen molar-refractivity contribution < 1.29 is 28.6 Å². The molecule has 33 heavy (non-hydrogen) atoms. The second kappa shape index (κ2) is 9.62. The van der Waals surface area contributed by atoms with Crippen molar-refractivity contribution in [3.05, 3.63) is 57.0 Å². The number of amides is 1. The van der Waals surface area contributed by atoms with Crippen LogP contribution < -0.4 is 5.56 Å². The van der Waals surface area contributed by atoms with Gasteiger partial charge in [0.15, 0.2) is 11.5 Å². The van der Waals surface area contributed by atoms with Gasteiger partial charge in [-0.1, -0.05) is 12.1 Å². The van der Waals surface area contributed by atoms with Crippen LogP contribution >= 0.6 is 0 Å². The maximum atomic E-state index is 13.5. The van der Waals surface area contributed by atoms with Crippen LogP contribution in [0.25, 0.3) is 0 Å². The number of aryl methyl sites for hydroxylation is 2. The molecule has 10 heteroatoms. The normalized spacial score (nSPS) is 17.7. The van der Waals surface area contributed by atoms with Crippen molar-refractivity contribution in [3.8, 4) is 5.75 Å². The zero-order chi connectivity index (χ0) is 24.4. The van der Waals surface area contributed by atoms with E-state index in [4.69, 9.17) is 4.74 Å². The van der Waals surface area contributed by atoms with Gasteiger partial charge in [-0.05, 0) is 37.5 Å². The fourth-order valence-electron chi connectivity index (χ4n) is 3.81. The number of ketones is 2. The van der Waals surface area contributed by atoms with Crippen LogP contribution in [0.4, 0.5) is 4.39 Å². The minimum absolute atomic E-state index is 0.0421. The second-order valence-electron chi connectivity index (χ2n) is 8.22. The molecule has 2 atom stereocenters. The summed E-state index contributed by atoms with van der Waals surface area (Å²) in [5.74, 6) is -3.16. The highest BCUT2D eigenvalue weighted by Crippen LogP contribution is 2.27. The summed E-state index contributed by atoms with van der Waals surface area (Å²) in [6.07, 6.45) is 0.179. The number of benzene rings is 1. The number of fused-ring (bicyclic) bond motifs is 1. The van der Waals surface area contributed by atoms with Gasteiger partial charge in [-0.2, -0.15) is 0 Å². The third-order valence-corrected chi connectivity index (χ3v) is 5.71. The standard InChI is InChI=1S/C23H26FN3O6/c1-12-9-15(5-7-16(12)24)6-8-18(29)19-20(30)23(32)27-13(2)10-33-11-17(21(27)25-19)26(4)22(31)14(3)28/h5,7,9,13,17,30H,6,8,10-11H2,1-4H3/t13-,17+/m0/s1. The van der Waals surface area contributed by atoms with E-state index >= 15 is 0 Å². The number of nitrogens with zero attached hydrogens (tertiary/aromatic N) is 3. The van der Waals surface area contributed by atoms with Gasteiger partial charge in [0.25, 0.3) is 11.5 Å². The lowest BCUT2D eigenvalue weighted by atomic mass is 10.0. The van der Waals surface area contributed by atoms with Gasteiger partial charge in [0.1, 0.15) is 17.7 Å². The minimum atomic E-state index is -0.911. The van der Waals surface area contributed by atoms with Crippen LogP contribution in [0.5, 0.6) is 5.75 Å². The molecule has 2 aromatic rings. The number of hydrogen-bond donors (Lipinski definition) is 1. The highest BCUT2D eigenvalue weighted by Gasteiger charge is 2.34. The molecule has 0 radical (unpaired) electrons. The van der Waals surface area contributed by atoms with E-state index < -0.39 is 46.6 Å². The fraction of sp³-hybridized carbons (Fsp3) is 0.435. The minimum Gasteiger partial charge on any atom is -0.501 e. The van der Waals surface area contributed by atoms with E-state index in [1.807, 2.05) is 0 Å². The third kappa shape index (κ3) is 4.85. The van der Waals surface area contributed by atoms with E-state index in [0.717, 1.165) is 17.4 Å². The number of aromatic hydroxyl groups is 1. The average Bonchev–Trinajstić information content (AvgIpc) is 2.94. The van der Waals surface area contributed by atoms with Crippen LogP contribution in [0.15, 0.2) is 23.0 Å². The molecule has 0 fully saturated rings. The van der Waals surface area contributed by atoms with Crippen molar-refractivity contribution in [2.24, 2.45) is 0 Å². The zero-order valence-corrected chi connectivity index (χ0v) is 18.9. The van der Waals surface area contributed by atoms with E-state index in [-0.39, 0.29) is 37.7 Å². The van der Waals surface area contributed by atoms with Crippen molar-refractivity contribution in [2.75, 3.05) is 20.3 Å². The van der Waals surface area contributed by atoms with Crippen molar-refractivity contribution in [1.82, 2.24) is 14.5 Å². The molecule has 0 unspecified atom stereocenters. The van der Waals surface area contributed by atoms with Crippen molar-refractivity contribution in [1.29, 1.82) is 0 Å². The first-order valence-electron chi connectivity index (χ1n) is 10.5. The zero-order valence-electron chi connectivity index (χ0n) is 18.9. The lowest BCUT2D eigenvalue weighted by Crippen LogP contribution is -2.40. The molecule has 0 bridgehead atoms. The first kappa shape index (κ1) is 24.2. The van der Waals surface area contributed by atoms with Gasteiger partial charge >= 0.3 is 0 Å². The molecule has 0 saturated heterocycles. The second-order valence-corrected chi connectivity index (χ2v) is 8.22. The molecule has 9 nitrogen and oxygen atoms in total. The summed E-state index contributed by atoms with van der Waals surface area (Å²) < 4.78 is 20.3. The summed E-state index contributed by atoms with van der Waals surface area (Å²) in [6, 6.07) is 3.06. The first-order chi connectivity index (χ1) is 15.5. The Kier molecular flexibility index (Phi) is 7.06. The summed E-state index contributed by atoms with van der Waals surface area (Å²) in [5, 5.41) is 10.5. The number of ether oxygens (including phenoxy) is 1. The lowest BCUT2D eigenvalue weighted by Gasteiger charge is -2.27. The van der Waals surface area contributed by atoms with E-state index in [1.54, 1.807) is 26.0 Å². The summed E-state index contributed by atoms with van der Waals surface area (Å²) in [6.45, 7) is 4.50. The molecular formula is C23H26FN3O6. The molecule has 1 aromatic carbocycles. The van der Waals surface area contributed by atoms with E-state index in [9.17, 15) is 28.7 Å². The third-order valence-electron chi connectivity index (χ3n) is 5.71. The first-order valence-corrected chi connectivity index (χ1v) is 10.5. The van der Waals surface area contributed by atoms with Crippen LogP contribution in [-0.4, -0.2) is 57.3 Å². The molecule has 0 aliphatic carbocycles. The number of likely N-dealkylation sites (N-methyl/N-ethyl adjacent to an activating group) is 1. The van der Waals surface area contributed by atoms with Gasteiger partial charge in [-0.15, -0.1) is 0 Å². The van der Waals surface area contributed by atoms with E-state index in [0.29, 0.717) is 5.56 Å². The van der Waals surface area contributed by atoms with Crippen molar-refractivity contribution in [2.45, 2.75) is 45.7 Å². The molecule has 176 valence electrons. The van der Waals surface area contributed by atoms with Gasteiger partial charge < -0.3 is 14.7 Å². The molecule has 0 spiro atoms. The van der Waals surface area contributed by atoms with Crippen molar-refractivity contribution in [3.63, 3.8) is 0 Å². The fourth-order valence-corrected chi connectivity index (χ4v) is 3.81. The number of aromatic nitrogens is 2. The molecule has 1 aromatic heterocycles. The predicted molar refractivity (Wildman–Crippen MR) is 116 cm³/mol. The monoisotopic (exact) mass is 459 g/mol. The van der Waals surface area contributed by atoms with Crippen LogP contribution in [0.3, 0.4) is 0 Å². The summed E-state index contributed by atoms with van der Waals surface area (Å²) >= 11 is 0. The number of Topliss-reactive ketones (excluding diaryl/α,β-unsaturated/α-hetero) is 2. The smallest absolute Gasteiger partial charge is 0.296 e. The van der Waals surface area contributed by atoms with Crippen LogP contribution in [-0.2, 0) is 20.7 Å². The molecule has 3 rings (SSSR count). The highest BCUT2D eigenvalue weighted by molar-refractivity contribution is 6.35. The highest BCUT2D eigenvalue weighted by atomic mass is 19.1. The average molecular weight is 459 g/mol. The van der Waals surface area contributed by atoms with Crippen LogP contribution in [0.2, 0.25) is 0 Å². The Morgan fingerprint density at radius 2 is 2.00 bits per heavy atom. The summed E-state index contributed by atoms with van der Waals surface area (Å²) in [5.41, 5.74) is -0.0698. The van der Waals surface area contributed by atoms with Gasteiger partial charge in [0.05, 0.1) is 19.3 Å². The van der Waals surface area contributed by atoms with Crippen LogP contribution in [0, 0.1) is 12.7 Å². The van der Waals surface area contributed by atoms with E-state index in [2.05, 4.69) is 4.98 Å². The van der Waals surface area contributed by atoms with E-state index in [1.165, 1.54) is 17.7 Å². The Hall–Kier alpha value is -3.40. The summed E-state index contributed by atoms with van der Waals surface area (Å²) in [4.78, 5) is 55.2. The molecular weight excluding hydrogens is 433 g/mol. The number of carbonyl (C=O) groups excluding carboxylic acids is 3. The van der Waals surface area contributed by atoms with Gasteiger partial charge in [0, 0.05) is 20.4 Å². The molecule has 1 N–H and O–H groups in total. The lowest BCUT2D eigenvalue weighted by molar-refractivity contribution is -0.145. The largest absolute Gasteiger partial charge is 0.501 e. The Labute approximate surface area is 189 Å². The Bertz CT molecular complexity index is 1180. The van der Waals surface area contributed by atoms with Crippen LogP contribution in [0.1, 0.15) is 59.8 Å². The molecule has 1 aliphatic rings. The maximum absolute atomic E-state index is 13.5. The SMILES string of the molecule is CC(=O)C(=O)N(C)[C@@H]1COC[C@H](C)n2c1nc(C(=O)CCc1ccc(F)c(C)c1)c(O)c2=O. The quantitative estimate of drug-likeness (QED) is 0.518. The predicted octanol–water partition coefficient (Wildman–Crippen LogP) is 1.89. The molecule has 1 aliphatic heterocycles. The topological polar surface area (TPSA) is 119 Å². The number of carbonyl (C=O) groups is 3. The number of hydrogen-bond acceptors (Lipinski definition) is 7. The van der Waals surface area contributed by atoms with Gasteiger partial charge in [-0.3, -0.25) is 23.7 Å². The molecule has 0 saturated carbocycles. The van der Waals surface area contributed by atoms with Gasteiger partial charge in [0.2, 0.25) is 11.5 Å².